The first-order valence-electron chi connectivity index (χ1n) is 11.4. The fourth-order valence-corrected chi connectivity index (χ4v) is 5.75. The second-order valence-corrected chi connectivity index (χ2v) is 8.78. The fourth-order valence-electron chi connectivity index (χ4n) is 5.75. The molecule has 0 radical (unpaired) electrons. The molecule has 0 aromatic heterocycles. The second kappa shape index (κ2) is 7.86. The van der Waals surface area contributed by atoms with E-state index in [-0.39, 0.29) is 23.7 Å². The molecule has 1 aliphatic carbocycles. The Hall–Kier alpha value is -3.98. The van der Waals surface area contributed by atoms with Crippen molar-refractivity contribution in [2.75, 3.05) is 4.90 Å². The maximum absolute atomic E-state index is 14.0. The van der Waals surface area contributed by atoms with E-state index >= 15 is 0 Å². The summed E-state index contributed by atoms with van der Waals surface area (Å²) < 4.78 is 0. The molecular weight excluding hydrogens is 406 g/mol. The van der Waals surface area contributed by atoms with Crippen molar-refractivity contribution in [3.8, 4) is 0 Å². The number of carbonyl (C=O) groups excluding carboxylic acids is 2. The molecule has 4 atom stereocenters. The van der Waals surface area contributed by atoms with E-state index in [4.69, 9.17) is 0 Å². The standard InChI is InChI=1S/C30H23NO2/c32-29-23-18-10-11-19-24(23)30(33)26-25(29)27(20-12-4-1-5-13-20)31(22-16-8-3-9-17-22)28(26)21-14-6-2-7-15-21/h1-19,25-28H/t25-,26-,27-,28+/m0/s1. The maximum atomic E-state index is 14.0. The van der Waals surface area contributed by atoms with Crippen LogP contribution in [-0.2, 0) is 0 Å². The van der Waals surface area contributed by atoms with Crippen LogP contribution in [0.2, 0.25) is 0 Å². The molecule has 1 heterocycles. The lowest BCUT2D eigenvalue weighted by atomic mass is 9.69. The van der Waals surface area contributed by atoms with Gasteiger partial charge in [0.25, 0.3) is 0 Å². The molecule has 160 valence electrons. The number of hydrogen-bond acceptors (Lipinski definition) is 3. The molecule has 1 saturated heterocycles. The average Bonchev–Trinajstić information content (AvgIpc) is 3.25. The molecule has 1 aliphatic heterocycles. The van der Waals surface area contributed by atoms with Crippen LogP contribution in [0, 0.1) is 11.8 Å². The lowest BCUT2D eigenvalue weighted by Crippen LogP contribution is -2.37. The second-order valence-electron chi connectivity index (χ2n) is 8.78. The topological polar surface area (TPSA) is 37.4 Å². The highest BCUT2D eigenvalue weighted by Crippen LogP contribution is 2.57. The summed E-state index contributed by atoms with van der Waals surface area (Å²) in [5.74, 6) is -0.799. The van der Waals surface area contributed by atoms with Crippen molar-refractivity contribution >= 4 is 17.3 Å². The van der Waals surface area contributed by atoms with Crippen LogP contribution in [0.5, 0.6) is 0 Å². The largest absolute Gasteiger partial charge is 0.356 e. The van der Waals surface area contributed by atoms with Crippen molar-refractivity contribution in [1.82, 2.24) is 0 Å². The third-order valence-corrected chi connectivity index (χ3v) is 7.07. The first-order valence-corrected chi connectivity index (χ1v) is 11.4. The van der Waals surface area contributed by atoms with Gasteiger partial charge >= 0.3 is 0 Å². The lowest BCUT2D eigenvalue weighted by molar-refractivity contribution is 0.0741. The van der Waals surface area contributed by atoms with Crippen LogP contribution in [0.15, 0.2) is 115 Å². The van der Waals surface area contributed by atoms with E-state index in [0.717, 1.165) is 16.8 Å². The number of rotatable bonds is 3. The van der Waals surface area contributed by atoms with Crippen molar-refractivity contribution in [3.05, 3.63) is 138 Å². The predicted molar refractivity (Wildman–Crippen MR) is 129 cm³/mol. The summed E-state index contributed by atoms with van der Waals surface area (Å²) >= 11 is 0. The minimum Gasteiger partial charge on any atom is -0.356 e. The molecule has 0 bridgehead atoms. The van der Waals surface area contributed by atoms with E-state index in [9.17, 15) is 9.59 Å². The average molecular weight is 430 g/mol. The molecule has 6 rings (SSSR count). The van der Waals surface area contributed by atoms with Crippen LogP contribution in [0.25, 0.3) is 0 Å². The monoisotopic (exact) mass is 429 g/mol. The van der Waals surface area contributed by atoms with Gasteiger partial charge in [0.05, 0.1) is 23.9 Å². The molecule has 0 spiro atoms. The Labute approximate surface area is 193 Å². The van der Waals surface area contributed by atoms with Crippen molar-refractivity contribution < 1.29 is 9.59 Å². The zero-order valence-corrected chi connectivity index (χ0v) is 18.0. The van der Waals surface area contributed by atoms with Crippen LogP contribution < -0.4 is 4.90 Å². The van der Waals surface area contributed by atoms with Gasteiger partial charge in [0.2, 0.25) is 0 Å². The summed E-state index contributed by atoms with van der Waals surface area (Å²) in [4.78, 5) is 30.3. The Kier molecular flexibility index (Phi) is 4.69. The predicted octanol–water partition coefficient (Wildman–Crippen LogP) is 6.30. The summed E-state index contributed by atoms with van der Waals surface area (Å²) in [6, 6.07) is 37.3. The first kappa shape index (κ1) is 19.7. The number of hydrogen-bond donors (Lipinski definition) is 0. The van der Waals surface area contributed by atoms with Gasteiger partial charge in [-0.2, -0.15) is 0 Å². The number of fused-ring (bicyclic) bond motifs is 2. The molecule has 1 fully saturated rings. The molecule has 0 unspecified atom stereocenters. The number of ketones is 2. The molecule has 3 nitrogen and oxygen atoms in total. The molecule has 0 saturated carbocycles. The van der Waals surface area contributed by atoms with E-state index in [1.54, 1.807) is 12.1 Å². The van der Waals surface area contributed by atoms with Gasteiger partial charge in [-0.3, -0.25) is 9.59 Å². The summed E-state index contributed by atoms with van der Waals surface area (Å²) in [6.45, 7) is 0. The third-order valence-electron chi connectivity index (χ3n) is 7.07. The van der Waals surface area contributed by atoms with Gasteiger partial charge in [0, 0.05) is 16.8 Å². The van der Waals surface area contributed by atoms with Crippen LogP contribution in [-0.4, -0.2) is 11.6 Å². The third kappa shape index (κ3) is 3.04. The Morgan fingerprint density at radius 2 is 0.818 bits per heavy atom. The Bertz CT molecular complexity index is 1230. The van der Waals surface area contributed by atoms with Gasteiger partial charge in [0.1, 0.15) is 0 Å². The molecule has 33 heavy (non-hydrogen) atoms. The zero-order chi connectivity index (χ0) is 22.4. The lowest BCUT2D eigenvalue weighted by Gasteiger charge is -2.34. The highest BCUT2D eigenvalue weighted by atomic mass is 16.1. The molecule has 3 heteroatoms. The number of nitrogens with zero attached hydrogens (tertiary/aromatic N) is 1. The van der Waals surface area contributed by atoms with E-state index in [0.29, 0.717) is 11.1 Å². The van der Waals surface area contributed by atoms with Crippen molar-refractivity contribution in [2.24, 2.45) is 11.8 Å². The van der Waals surface area contributed by atoms with Crippen molar-refractivity contribution in [1.29, 1.82) is 0 Å². The molecular formula is C30H23NO2. The van der Waals surface area contributed by atoms with Gasteiger partial charge in [-0.1, -0.05) is 103 Å². The van der Waals surface area contributed by atoms with Crippen LogP contribution in [0.4, 0.5) is 5.69 Å². The summed E-state index contributed by atoms with van der Waals surface area (Å²) in [6.07, 6.45) is 0. The van der Waals surface area contributed by atoms with Gasteiger partial charge in [-0.05, 0) is 23.3 Å². The highest BCUT2D eigenvalue weighted by molar-refractivity contribution is 6.17. The maximum Gasteiger partial charge on any atom is 0.169 e. The summed E-state index contributed by atoms with van der Waals surface area (Å²) in [5, 5.41) is 0. The van der Waals surface area contributed by atoms with E-state index in [1.165, 1.54) is 0 Å². The van der Waals surface area contributed by atoms with E-state index < -0.39 is 11.8 Å². The highest BCUT2D eigenvalue weighted by Gasteiger charge is 2.58. The van der Waals surface area contributed by atoms with Gasteiger partial charge in [-0.15, -0.1) is 0 Å². The van der Waals surface area contributed by atoms with Gasteiger partial charge in [-0.25, -0.2) is 0 Å². The Balaban J connectivity index is 1.64. The summed E-state index contributed by atoms with van der Waals surface area (Å²) in [5.41, 5.74) is 4.21. The minimum atomic E-state index is -0.458. The Morgan fingerprint density at radius 1 is 0.455 bits per heavy atom. The Morgan fingerprint density at radius 3 is 1.24 bits per heavy atom. The van der Waals surface area contributed by atoms with Gasteiger partial charge < -0.3 is 4.90 Å². The first-order chi connectivity index (χ1) is 16.3. The van der Waals surface area contributed by atoms with Gasteiger partial charge in [0.15, 0.2) is 11.6 Å². The van der Waals surface area contributed by atoms with E-state index in [2.05, 4.69) is 41.3 Å². The normalized spacial score (nSPS) is 23.8. The van der Waals surface area contributed by atoms with Crippen molar-refractivity contribution in [2.45, 2.75) is 12.1 Å². The number of para-hydroxylation sites is 1. The molecule has 0 amide bonds. The molecule has 4 aromatic carbocycles. The smallest absolute Gasteiger partial charge is 0.169 e. The minimum absolute atomic E-state index is 0.0587. The molecule has 2 aliphatic rings. The molecule has 0 N–H and O–H groups in total. The number of benzene rings is 4. The summed E-state index contributed by atoms with van der Waals surface area (Å²) in [7, 11) is 0. The number of Topliss-reactive ketones (excluding diaryl/α,β-unsaturated/α-hetero) is 2. The number of carbonyl (C=O) groups is 2. The van der Waals surface area contributed by atoms with Crippen LogP contribution in [0.1, 0.15) is 43.9 Å². The number of anilines is 1. The van der Waals surface area contributed by atoms with Crippen LogP contribution in [0.3, 0.4) is 0 Å². The fraction of sp³-hybridized carbons (Fsp3) is 0.133. The van der Waals surface area contributed by atoms with Crippen molar-refractivity contribution in [3.63, 3.8) is 0 Å². The zero-order valence-electron chi connectivity index (χ0n) is 18.0. The molecule has 4 aromatic rings. The quantitative estimate of drug-likeness (QED) is 0.383. The SMILES string of the molecule is O=C1c2ccccc2C(=O)[C@H]2[C@H]1[C@@H](c1ccccc1)N(c1ccccc1)[C@H]2c1ccccc1. The van der Waals surface area contributed by atoms with E-state index in [1.807, 2.05) is 66.7 Å². The van der Waals surface area contributed by atoms with Crippen LogP contribution >= 0.6 is 0 Å².